The Morgan fingerprint density at radius 2 is 2.25 bits per heavy atom. The number of hydrogen-bond acceptors (Lipinski definition) is 6. The predicted molar refractivity (Wildman–Crippen MR) is 59.7 cm³/mol. The van der Waals surface area contributed by atoms with Gasteiger partial charge in [-0.25, -0.2) is 4.79 Å². The molecule has 1 N–H and O–H groups in total. The van der Waals surface area contributed by atoms with Crippen molar-refractivity contribution < 1.29 is 14.4 Å². The predicted octanol–water partition coefficient (Wildman–Crippen LogP) is 0.740. The van der Waals surface area contributed by atoms with Crippen molar-refractivity contribution in [3.05, 3.63) is 20.7 Å². The number of carbonyl (C=O) groups is 1. The first-order valence-electron chi connectivity index (χ1n) is 4.74. The Hall–Kier alpha value is -1.63. The van der Waals surface area contributed by atoms with Crippen molar-refractivity contribution in [2.75, 3.05) is 13.2 Å². The number of hydrogen-bond donors (Lipinski definition) is 1. The minimum absolute atomic E-state index is 0.0259. The highest BCUT2D eigenvalue weighted by molar-refractivity contribution is 7.07. The van der Waals surface area contributed by atoms with Crippen LogP contribution in [0.3, 0.4) is 0 Å². The van der Waals surface area contributed by atoms with Crippen LogP contribution in [-0.2, 0) is 14.4 Å². The van der Waals surface area contributed by atoms with E-state index in [-0.39, 0.29) is 17.2 Å². The van der Waals surface area contributed by atoms with E-state index in [1.807, 2.05) is 0 Å². The van der Waals surface area contributed by atoms with Crippen molar-refractivity contribution in [3.8, 4) is 0 Å². The number of rotatable bonds is 5. The molecule has 0 spiro atoms. The Labute approximate surface area is 95.9 Å². The second-order valence-electron chi connectivity index (χ2n) is 2.64. The van der Waals surface area contributed by atoms with E-state index in [4.69, 9.17) is 9.57 Å². The van der Waals surface area contributed by atoms with Crippen molar-refractivity contribution in [2.24, 2.45) is 5.16 Å². The maximum Gasteiger partial charge on any atom is 0.362 e. The third-order valence-corrected chi connectivity index (χ3v) is 2.20. The van der Waals surface area contributed by atoms with Crippen LogP contribution in [0.4, 0.5) is 0 Å². The highest BCUT2D eigenvalue weighted by atomic mass is 32.1. The second kappa shape index (κ2) is 6.06. The largest absolute Gasteiger partial charge is 0.461 e. The lowest BCUT2D eigenvalue weighted by Gasteiger charge is -2.03. The van der Waals surface area contributed by atoms with Gasteiger partial charge in [0.1, 0.15) is 6.61 Å². The van der Waals surface area contributed by atoms with Crippen LogP contribution in [-0.4, -0.2) is 29.9 Å². The van der Waals surface area contributed by atoms with Crippen LogP contribution in [0.15, 0.2) is 15.3 Å². The van der Waals surface area contributed by atoms with E-state index < -0.39 is 5.97 Å². The number of aromatic amines is 1. The summed E-state index contributed by atoms with van der Waals surface area (Å²) in [5.41, 5.74) is 0.281. The molecule has 0 bridgehead atoms. The molecule has 16 heavy (non-hydrogen) atoms. The summed E-state index contributed by atoms with van der Waals surface area (Å²) in [6.45, 7) is 3.99. The molecule has 0 atom stereocenters. The number of aromatic nitrogens is 1. The van der Waals surface area contributed by atoms with Gasteiger partial charge in [0.25, 0.3) is 0 Å². The SMILES string of the molecule is CCO/N=C(\C(=O)OCC)c1csc(=O)[nH]1. The molecule has 0 radical (unpaired) electrons. The van der Waals surface area contributed by atoms with Gasteiger partial charge in [0, 0.05) is 5.38 Å². The molecular weight excluding hydrogens is 232 g/mol. The number of oxime groups is 1. The first-order valence-corrected chi connectivity index (χ1v) is 5.62. The van der Waals surface area contributed by atoms with Crippen LogP contribution in [0.25, 0.3) is 0 Å². The summed E-state index contributed by atoms with van der Waals surface area (Å²) in [7, 11) is 0. The Bertz CT molecular complexity index is 435. The molecule has 0 saturated carbocycles. The van der Waals surface area contributed by atoms with Crippen LogP contribution >= 0.6 is 11.3 Å². The third kappa shape index (κ3) is 3.20. The molecule has 1 heterocycles. The Balaban J connectivity index is 2.96. The summed E-state index contributed by atoms with van der Waals surface area (Å²) >= 11 is 0.946. The van der Waals surface area contributed by atoms with Gasteiger partial charge in [-0.05, 0) is 13.8 Å². The fourth-order valence-corrected chi connectivity index (χ4v) is 1.49. The molecule has 1 aromatic heterocycles. The van der Waals surface area contributed by atoms with Gasteiger partial charge in [-0.15, -0.1) is 0 Å². The average molecular weight is 244 g/mol. The maximum absolute atomic E-state index is 11.5. The summed E-state index contributed by atoms with van der Waals surface area (Å²) in [6.07, 6.45) is 0. The van der Waals surface area contributed by atoms with Gasteiger partial charge < -0.3 is 14.6 Å². The highest BCUT2D eigenvalue weighted by Crippen LogP contribution is 2.01. The van der Waals surface area contributed by atoms with Gasteiger partial charge in [0.15, 0.2) is 0 Å². The molecule has 0 aromatic carbocycles. The summed E-state index contributed by atoms with van der Waals surface area (Å²) < 4.78 is 4.80. The molecule has 7 heteroatoms. The lowest BCUT2D eigenvalue weighted by atomic mass is 10.3. The zero-order valence-corrected chi connectivity index (χ0v) is 9.80. The van der Waals surface area contributed by atoms with Crippen molar-refractivity contribution >= 4 is 23.0 Å². The number of thiazole rings is 1. The summed E-state index contributed by atoms with van der Waals surface area (Å²) in [4.78, 5) is 29.5. The van der Waals surface area contributed by atoms with Crippen molar-refractivity contribution in [3.63, 3.8) is 0 Å². The van der Waals surface area contributed by atoms with E-state index in [1.165, 1.54) is 5.38 Å². The number of H-pyrrole nitrogens is 1. The quantitative estimate of drug-likeness (QED) is 0.470. The molecule has 1 aromatic rings. The lowest BCUT2D eigenvalue weighted by Crippen LogP contribution is -2.20. The molecule has 88 valence electrons. The standard InChI is InChI=1S/C9H12N2O4S/c1-3-14-8(12)7(11-15-4-2)6-5-16-9(13)10-6/h5H,3-4H2,1-2H3,(H,10,13)/b11-7-. The number of nitrogens with one attached hydrogen (secondary N) is 1. The van der Waals surface area contributed by atoms with Crippen molar-refractivity contribution in [2.45, 2.75) is 13.8 Å². The van der Waals surface area contributed by atoms with Crippen LogP contribution < -0.4 is 4.87 Å². The monoisotopic (exact) mass is 244 g/mol. The minimum atomic E-state index is -0.620. The molecule has 0 aliphatic heterocycles. The molecule has 0 unspecified atom stereocenters. The smallest absolute Gasteiger partial charge is 0.362 e. The second-order valence-corrected chi connectivity index (χ2v) is 3.48. The number of nitrogens with zero attached hydrogens (tertiary/aromatic N) is 1. The molecule has 1 rings (SSSR count). The first-order chi connectivity index (χ1) is 7.69. The fourth-order valence-electron chi connectivity index (χ4n) is 0.921. The fraction of sp³-hybridized carbons (Fsp3) is 0.444. The Morgan fingerprint density at radius 3 is 2.75 bits per heavy atom. The van der Waals surface area contributed by atoms with Gasteiger partial charge in [-0.1, -0.05) is 16.5 Å². The maximum atomic E-state index is 11.5. The van der Waals surface area contributed by atoms with E-state index in [0.29, 0.717) is 12.3 Å². The molecule has 0 saturated heterocycles. The van der Waals surface area contributed by atoms with Crippen molar-refractivity contribution in [1.82, 2.24) is 4.98 Å². The van der Waals surface area contributed by atoms with Gasteiger partial charge in [-0.3, -0.25) is 4.79 Å². The van der Waals surface area contributed by atoms with Crippen LogP contribution in [0.5, 0.6) is 0 Å². The zero-order chi connectivity index (χ0) is 12.0. The summed E-state index contributed by atoms with van der Waals surface area (Å²) in [5.74, 6) is -0.620. The van der Waals surface area contributed by atoms with Crippen LogP contribution in [0, 0.1) is 0 Å². The van der Waals surface area contributed by atoms with E-state index in [0.717, 1.165) is 11.3 Å². The van der Waals surface area contributed by atoms with Gasteiger partial charge in [0.2, 0.25) is 5.71 Å². The summed E-state index contributed by atoms with van der Waals surface area (Å²) in [5, 5.41) is 5.12. The zero-order valence-electron chi connectivity index (χ0n) is 8.98. The lowest BCUT2D eigenvalue weighted by molar-refractivity contribution is -0.135. The molecule has 0 aliphatic carbocycles. The summed E-state index contributed by atoms with van der Waals surface area (Å²) in [6, 6.07) is 0. The van der Waals surface area contributed by atoms with Crippen LogP contribution in [0.1, 0.15) is 19.5 Å². The topological polar surface area (TPSA) is 80.8 Å². The molecule has 0 aliphatic rings. The van der Waals surface area contributed by atoms with Gasteiger partial charge in [0.05, 0.1) is 12.3 Å². The number of ether oxygens (including phenoxy) is 1. The van der Waals surface area contributed by atoms with Crippen LogP contribution in [0.2, 0.25) is 0 Å². The average Bonchev–Trinajstić information content (AvgIpc) is 2.66. The van der Waals surface area contributed by atoms with Crippen molar-refractivity contribution in [1.29, 1.82) is 0 Å². The third-order valence-electron chi connectivity index (χ3n) is 1.53. The normalized spacial score (nSPS) is 11.2. The highest BCUT2D eigenvalue weighted by Gasteiger charge is 2.18. The molecule has 0 amide bonds. The Morgan fingerprint density at radius 1 is 1.50 bits per heavy atom. The Kier molecular flexibility index (Phi) is 4.71. The molecular formula is C9H12N2O4S. The first kappa shape index (κ1) is 12.4. The molecule has 6 nitrogen and oxygen atoms in total. The van der Waals surface area contributed by atoms with Gasteiger partial charge >= 0.3 is 10.8 Å². The number of carbonyl (C=O) groups excluding carboxylic acids is 1. The van der Waals surface area contributed by atoms with E-state index in [1.54, 1.807) is 13.8 Å². The molecule has 0 fully saturated rings. The van der Waals surface area contributed by atoms with E-state index in [2.05, 4.69) is 10.1 Å². The van der Waals surface area contributed by atoms with E-state index >= 15 is 0 Å². The number of esters is 1. The van der Waals surface area contributed by atoms with E-state index in [9.17, 15) is 9.59 Å². The minimum Gasteiger partial charge on any atom is -0.461 e. The van der Waals surface area contributed by atoms with Gasteiger partial charge in [-0.2, -0.15) is 0 Å².